The highest BCUT2D eigenvalue weighted by molar-refractivity contribution is 5.77. The fraction of sp³-hybridized carbons (Fsp3) is 0.698. The summed E-state index contributed by atoms with van der Waals surface area (Å²) in [5.74, 6) is -0.572. The summed E-state index contributed by atoms with van der Waals surface area (Å²) in [4.78, 5) is 26.0. The van der Waals surface area contributed by atoms with Crippen LogP contribution in [0.3, 0.4) is 0 Å². The minimum Gasteiger partial charge on any atom is -0.462 e. The largest absolute Gasteiger partial charge is 0.462 e. The molecule has 0 aromatic carbocycles. The summed E-state index contributed by atoms with van der Waals surface area (Å²) in [5.41, 5.74) is 0. The zero-order valence-electron chi connectivity index (χ0n) is 38.4. The van der Waals surface area contributed by atoms with E-state index in [0.29, 0.717) is 19.3 Å². The number of carbonyl (C=O) groups is 2. The first-order valence-electron chi connectivity index (χ1n) is 24.4. The molecular formula is C53H91NO5. The second kappa shape index (κ2) is 46.1. The van der Waals surface area contributed by atoms with Crippen LogP contribution in [-0.2, 0) is 14.3 Å². The number of hydrogen-bond acceptors (Lipinski definition) is 5. The second-order valence-electron chi connectivity index (χ2n) is 16.3. The van der Waals surface area contributed by atoms with Gasteiger partial charge in [-0.15, -0.1) is 0 Å². The first-order chi connectivity index (χ1) is 29.0. The molecule has 0 aliphatic heterocycles. The van der Waals surface area contributed by atoms with E-state index in [9.17, 15) is 19.8 Å². The van der Waals surface area contributed by atoms with Crippen molar-refractivity contribution in [1.29, 1.82) is 0 Å². The van der Waals surface area contributed by atoms with E-state index in [1.807, 2.05) is 36.5 Å². The van der Waals surface area contributed by atoms with E-state index in [4.69, 9.17) is 4.74 Å². The van der Waals surface area contributed by atoms with Gasteiger partial charge in [0.15, 0.2) is 0 Å². The summed E-state index contributed by atoms with van der Waals surface area (Å²) in [6, 6.07) is -0.730. The fourth-order valence-electron chi connectivity index (χ4n) is 6.92. The normalized spacial score (nSPS) is 14.1. The molecule has 0 saturated carbocycles. The third-order valence-electron chi connectivity index (χ3n) is 10.6. The molecule has 3 unspecified atom stereocenters. The van der Waals surface area contributed by atoms with Gasteiger partial charge in [-0.2, -0.15) is 0 Å². The third-order valence-corrected chi connectivity index (χ3v) is 10.6. The number of esters is 1. The maximum Gasteiger partial charge on any atom is 0.306 e. The van der Waals surface area contributed by atoms with Crippen molar-refractivity contribution in [2.75, 3.05) is 6.61 Å². The number of amides is 1. The maximum atomic E-state index is 13.1. The van der Waals surface area contributed by atoms with Crippen molar-refractivity contribution < 1.29 is 24.5 Å². The van der Waals surface area contributed by atoms with Crippen LogP contribution in [0.1, 0.15) is 213 Å². The van der Waals surface area contributed by atoms with Gasteiger partial charge < -0.3 is 20.3 Å². The van der Waals surface area contributed by atoms with E-state index < -0.39 is 18.2 Å². The Balaban J connectivity index is 4.66. The first kappa shape index (κ1) is 56.0. The molecule has 59 heavy (non-hydrogen) atoms. The van der Waals surface area contributed by atoms with Crippen LogP contribution >= 0.6 is 0 Å². The average molecular weight is 822 g/mol. The quantitative estimate of drug-likeness (QED) is 0.0324. The minimum atomic E-state index is -0.811. The topological polar surface area (TPSA) is 95.9 Å². The Hall–Kier alpha value is -2.96. The lowest BCUT2D eigenvalue weighted by molar-refractivity contribution is -0.151. The molecule has 0 radical (unpaired) electrons. The molecule has 6 heteroatoms. The summed E-state index contributed by atoms with van der Waals surface area (Å²) in [6.45, 7) is 6.28. The van der Waals surface area contributed by atoms with Crippen molar-refractivity contribution in [3.05, 3.63) is 85.1 Å². The zero-order valence-corrected chi connectivity index (χ0v) is 38.4. The number of allylic oxidation sites excluding steroid dienone is 14. The van der Waals surface area contributed by atoms with Crippen LogP contribution in [-0.4, -0.2) is 46.9 Å². The third kappa shape index (κ3) is 41.6. The van der Waals surface area contributed by atoms with Crippen LogP contribution in [0.2, 0.25) is 0 Å². The Morgan fingerprint density at radius 3 is 1.42 bits per heavy atom. The molecule has 338 valence electrons. The lowest BCUT2D eigenvalue weighted by Gasteiger charge is -2.24. The average Bonchev–Trinajstić information content (AvgIpc) is 3.23. The predicted molar refractivity (Wildman–Crippen MR) is 254 cm³/mol. The number of rotatable bonds is 42. The van der Waals surface area contributed by atoms with Gasteiger partial charge in [0.1, 0.15) is 6.10 Å². The van der Waals surface area contributed by atoms with Crippen molar-refractivity contribution in [3.63, 3.8) is 0 Å². The highest BCUT2D eigenvalue weighted by atomic mass is 16.5. The predicted octanol–water partition coefficient (Wildman–Crippen LogP) is 14.4. The number of nitrogens with one attached hydrogen (secondary N) is 1. The molecule has 0 saturated heterocycles. The molecule has 6 nitrogen and oxygen atoms in total. The molecule has 0 aliphatic rings. The SMILES string of the molecule is CC/C=C/C=C/C=C\C=C/CCCC(CC(=O)NC(CO)C(O)CCCCCCCCCCCCC)OC(=O)CCCCCCC/C=C/C=C/C=C/CCCCCCC. The minimum absolute atomic E-state index is 0.0191. The molecule has 0 heterocycles. The van der Waals surface area contributed by atoms with Crippen LogP contribution in [0.15, 0.2) is 85.1 Å². The number of hydrogen-bond donors (Lipinski definition) is 3. The van der Waals surface area contributed by atoms with E-state index in [0.717, 1.165) is 83.5 Å². The van der Waals surface area contributed by atoms with Gasteiger partial charge in [-0.25, -0.2) is 0 Å². The Morgan fingerprint density at radius 2 is 0.932 bits per heavy atom. The monoisotopic (exact) mass is 822 g/mol. The smallest absolute Gasteiger partial charge is 0.306 e. The molecule has 3 atom stereocenters. The van der Waals surface area contributed by atoms with Crippen LogP contribution in [0.5, 0.6) is 0 Å². The van der Waals surface area contributed by atoms with Crippen molar-refractivity contribution >= 4 is 11.9 Å². The summed E-state index contributed by atoms with van der Waals surface area (Å²) < 4.78 is 5.87. The van der Waals surface area contributed by atoms with Gasteiger partial charge in [-0.3, -0.25) is 9.59 Å². The standard InChI is InChI=1S/C53H91NO5/c1-4-7-10-13-16-19-22-23-24-25-26-27-28-31-34-37-40-43-46-53(58)59-49(44-41-38-35-32-29-20-17-14-11-8-5-2)47-52(57)54-50(48-55)51(56)45-42-39-36-33-30-21-18-15-12-9-6-3/h8,11,14,17,20,22-27,29,32,35,49-51,55-56H,4-7,9-10,12-13,15-16,18-19,21,28,30-31,33-34,36-48H2,1-3H3,(H,54,57)/b11-8+,17-14+,23-22+,25-24+,27-26+,29-20-,35-32-. The molecule has 0 bridgehead atoms. The van der Waals surface area contributed by atoms with Gasteiger partial charge >= 0.3 is 5.97 Å². The van der Waals surface area contributed by atoms with E-state index in [-0.39, 0.29) is 24.9 Å². The highest BCUT2D eigenvalue weighted by Gasteiger charge is 2.24. The molecular weight excluding hydrogens is 731 g/mol. The maximum absolute atomic E-state index is 13.1. The fourth-order valence-corrected chi connectivity index (χ4v) is 6.92. The van der Waals surface area contributed by atoms with E-state index in [2.05, 4.69) is 74.7 Å². The Labute approximate surface area is 363 Å². The first-order valence-corrected chi connectivity index (χ1v) is 24.4. The molecule has 0 aliphatic carbocycles. The van der Waals surface area contributed by atoms with E-state index >= 15 is 0 Å². The summed E-state index contributed by atoms with van der Waals surface area (Å²) in [5, 5.41) is 23.6. The number of unbranched alkanes of at least 4 members (excludes halogenated alkanes) is 21. The molecule has 0 rings (SSSR count). The summed E-state index contributed by atoms with van der Waals surface area (Å²) in [7, 11) is 0. The molecule has 0 aromatic heterocycles. The summed E-state index contributed by atoms with van der Waals surface area (Å²) >= 11 is 0. The van der Waals surface area contributed by atoms with Gasteiger partial charge in [0.25, 0.3) is 0 Å². The van der Waals surface area contributed by atoms with Crippen LogP contribution in [0, 0.1) is 0 Å². The molecule has 0 fully saturated rings. The lowest BCUT2D eigenvalue weighted by atomic mass is 10.0. The van der Waals surface area contributed by atoms with E-state index in [1.54, 1.807) is 0 Å². The molecule has 0 aromatic rings. The Morgan fingerprint density at radius 1 is 0.508 bits per heavy atom. The second-order valence-corrected chi connectivity index (χ2v) is 16.3. The Bertz CT molecular complexity index is 1150. The number of ether oxygens (including phenoxy) is 1. The van der Waals surface area contributed by atoms with Crippen LogP contribution in [0.25, 0.3) is 0 Å². The van der Waals surface area contributed by atoms with Gasteiger partial charge in [0, 0.05) is 6.42 Å². The zero-order chi connectivity index (χ0) is 43.1. The van der Waals surface area contributed by atoms with Crippen LogP contribution in [0.4, 0.5) is 0 Å². The van der Waals surface area contributed by atoms with Gasteiger partial charge in [0.2, 0.25) is 5.91 Å². The van der Waals surface area contributed by atoms with Gasteiger partial charge in [-0.05, 0) is 64.2 Å². The molecule has 1 amide bonds. The van der Waals surface area contributed by atoms with Crippen molar-refractivity contribution in [2.45, 2.75) is 232 Å². The summed E-state index contributed by atoms with van der Waals surface area (Å²) in [6.07, 6.45) is 59.3. The van der Waals surface area contributed by atoms with Crippen LogP contribution < -0.4 is 5.32 Å². The Kier molecular flexibility index (Phi) is 43.8. The van der Waals surface area contributed by atoms with Crippen molar-refractivity contribution in [3.8, 4) is 0 Å². The number of carbonyl (C=O) groups excluding carboxylic acids is 2. The van der Waals surface area contributed by atoms with E-state index in [1.165, 1.54) is 83.5 Å². The van der Waals surface area contributed by atoms with Crippen molar-refractivity contribution in [2.24, 2.45) is 0 Å². The van der Waals surface area contributed by atoms with Gasteiger partial charge in [-0.1, -0.05) is 221 Å². The van der Waals surface area contributed by atoms with Gasteiger partial charge in [0.05, 0.1) is 25.2 Å². The molecule has 3 N–H and O–H groups in total. The highest BCUT2D eigenvalue weighted by Crippen LogP contribution is 2.16. The van der Waals surface area contributed by atoms with Crippen molar-refractivity contribution in [1.82, 2.24) is 5.32 Å². The lowest BCUT2D eigenvalue weighted by Crippen LogP contribution is -2.46. The molecule has 0 spiro atoms. The number of aliphatic hydroxyl groups excluding tert-OH is 2. The number of aliphatic hydroxyl groups is 2.